The van der Waals surface area contributed by atoms with Gasteiger partial charge in [-0.3, -0.25) is 19.2 Å². The van der Waals surface area contributed by atoms with Gasteiger partial charge in [-0.15, -0.1) is 0 Å². The SMILES string of the molecule is O=C(CCS)CCCC(COC(=O)CCS)(COC(=O)CCS)COC(=O)CCS. The fourth-order valence-electron chi connectivity index (χ4n) is 2.44. The molecule has 0 spiro atoms. The van der Waals surface area contributed by atoms with E-state index >= 15 is 0 Å². The molecule has 0 aliphatic rings. The minimum atomic E-state index is -0.952. The van der Waals surface area contributed by atoms with Crippen LogP contribution in [0.2, 0.25) is 0 Å². The molecule has 0 amide bonds. The Morgan fingerprint density at radius 2 is 0.933 bits per heavy atom. The molecule has 0 N–H and O–H groups in total. The van der Waals surface area contributed by atoms with Gasteiger partial charge in [-0.1, -0.05) is 0 Å². The molecule has 0 aromatic rings. The molecule has 0 atom stereocenters. The Balaban J connectivity index is 5.31. The van der Waals surface area contributed by atoms with Gasteiger partial charge in [-0.25, -0.2) is 0 Å². The monoisotopic (exact) mass is 500 g/mol. The number of thiol groups is 4. The van der Waals surface area contributed by atoms with Crippen molar-refractivity contribution in [3.8, 4) is 0 Å². The van der Waals surface area contributed by atoms with E-state index in [9.17, 15) is 19.2 Å². The van der Waals surface area contributed by atoms with E-state index in [1.165, 1.54) is 0 Å². The number of esters is 3. The standard InChI is InChI=1S/C19H32O7S4/c20-15(3-8-27)2-1-7-19(12-24-16(21)4-9-28,13-25-17(22)5-10-29)14-26-18(23)6-11-30/h27-30H,1-14H2. The Bertz CT molecular complexity index is 488. The highest BCUT2D eigenvalue weighted by Crippen LogP contribution is 2.28. The molecule has 0 saturated carbocycles. The Morgan fingerprint density at radius 3 is 1.27 bits per heavy atom. The summed E-state index contributed by atoms with van der Waals surface area (Å²) in [7, 11) is 0. The summed E-state index contributed by atoms with van der Waals surface area (Å²) in [4.78, 5) is 47.5. The average molecular weight is 501 g/mol. The van der Waals surface area contributed by atoms with Crippen molar-refractivity contribution in [2.45, 2.75) is 44.9 Å². The van der Waals surface area contributed by atoms with Crippen LogP contribution >= 0.6 is 50.5 Å². The van der Waals surface area contributed by atoms with Gasteiger partial charge in [0.05, 0.1) is 24.7 Å². The molecule has 30 heavy (non-hydrogen) atoms. The largest absolute Gasteiger partial charge is 0.465 e. The Labute approximate surface area is 200 Å². The van der Waals surface area contributed by atoms with Gasteiger partial charge in [-0.05, 0) is 18.6 Å². The van der Waals surface area contributed by atoms with Gasteiger partial charge in [0, 0.05) is 30.1 Å². The van der Waals surface area contributed by atoms with Crippen molar-refractivity contribution in [3.05, 3.63) is 0 Å². The molecule has 0 radical (unpaired) electrons. The molecule has 0 heterocycles. The highest BCUT2D eigenvalue weighted by atomic mass is 32.1. The van der Waals surface area contributed by atoms with Crippen LogP contribution in [0, 0.1) is 5.41 Å². The first-order chi connectivity index (χ1) is 14.3. The van der Waals surface area contributed by atoms with Crippen molar-refractivity contribution in [3.63, 3.8) is 0 Å². The Kier molecular flexibility index (Phi) is 17.8. The lowest BCUT2D eigenvalue weighted by atomic mass is 9.84. The van der Waals surface area contributed by atoms with Crippen LogP contribution in [0.1, 0.15) is 44.9 Å². The number of hydrogen-bond acceptors (Lipinski definition) is 11. The number of rotatable bonds is 18. The first-order valence-electron chi connectivity index (χ1n) is 9.74. The van der Waals surface area contributed by atoms with E-state index in [-0.39, 0.29) is 44.9 Å². The van der Waals surface area contributed by atoms with E-state index in [1.807, 2.05) is 0 Å². The molecule has 0 aliphatic carbocycles. The smallest absolute Gasteiger partial charge is 0.306 e. The summed E-state index contributed by atoms with van der Waals surface area (Å²) < 4.78 is 16.0. The zero-order valence-corrected chi connectivity index (χ0v) is 20.6. The molecule has 0 aromatic carbocycles. The molecule has 7 nitrogen and oxygen atoms in total. The van der Waals surface area contributed by atoms with Crippen LogP contribution in [0.5, 0.6) is 0 Å². The fourth-order valence-corrected chi connectivity index (χ4v) is 3.24. The Hall–Kier alpha value is -0.520. The van der Waals surface area contributed by atoms with Crippen LogP contribution in [-0.4, -0.2) is 66.5 Å². The summed E-state index contributed by atoms with van der Waals surface area (Å²) >= 11 is 16.1. The second kappa shape index (κ2) is 18.1. The maximum Gasteiger partial charge on any atom is 0.306 e. The van der Waals surface area contributed by atoms with Crippen LogP contribution in [0.15, 0.2) is 0 Å². The zero-order valence-electron chi connectivity index (χ0n) is 17.0. The third-order valence-electron chi connectivity index (χ3n) is 4.12. The average Bonchev–Trinajstić information content (AvgIpc) is 2.70. The molecule has 0 unspecified atom stereocenters. The number of hydrogen-bond donors (Lipinski definition) is 4. The molecule has 0 rings (SSSR count). The molecular formula is C19H32O7S4. The van der Waals surface area contributed by atoms with Crippen molar-refractivity contribution >= 4 is 74.2 Å². The van der Waals surface area contributed by atoms with Gasteiger partial charge in [-0.2, -0.15) is 50.5 Å². The summed E-state index contributed by atoms with van der Waals surface area (Å²) in [6.45, 7) is -0.325. The highest BCUT2D eigenvalue weighted by molar-refractivity contribution is 7.80. The van der Waals surface area contributed by atoms with Crippen LogP contribution in [0.3, 0.4) is 0 Å². The minimum absolute atomic E-state index is 0.0603. The fraction of sp³-hybridized carbons (Fsp3) is 0.789. The predicted molar refractivity (Wildman–Crippen MR) is 128 cm³/mol. The zero-order chi connectivity index (χ0) is 22.8. The van der Waals surface area contributed by atoms with E-state index in [2.05, 4.69) is 50.5 Å². The molecule has 0 fully saturated rings. The first kappa shape index (κ1) is 29.5. The van der Waals surface area contributed by atoms with Gasteiger partial charge in [0.25, 0.3) is 0 Å². The predicted octanol–water partition coefficient (Wildman–Crippen LogP) is 2.62. The minimum Gasteiger partial charge on any atom is -0.465 e. The van der Waals surface area contributed by atoms with Crippen molar-refractivity contribution in [1.82, 2.24) is 0 Å². The first-order valence-corrected chi connectivity index (χ1v) is 12.3. The van der Waals surface area contributed by atoms with Gasteiger partial charge in [0.2, 0.25) is 0 Å². The van der Waals surface area contributed by atoms with Crippen molar-refractivity contribution in [2.75, 3.05) is 42.8 Å². The lowest BCUT2D eigenvalue weighted by Gasteiger charge is -2.32. The van der Waals surface area contributed by atoms with E-state index in [1.54, 1.807) is 0 Å². The van der Waals surface area contributed by atoms with Gasteiger partial charge < -0.3 is 14.2 Å². The molecule has 0 aliphatic heterocycles. The number of carbonyl (C=O) groups excluding carboxylic acids is 4. The van der Waals surface area contributed by atoms with Gasteiger partial charge in [0.15, 0.2) is 0 Å². The van der Waals surface area contributed by atoms with Crippen LogP contribution in [0.25, 0.3) is 0 Å². The molecule has 0 aromatic heterocycles. The summed E-state index contributed by atoms with van der Waals surface area (Å²) in [5.41, 5.74) is -0.952. The second-order valence-electron chi connectivity index (χ2n) is 6.77. The Morgan fingerprint density at radius 1 is 0.567 bits per heavy atom. The maximum atomic E-state index is 11.9. The number of ketones is 1. The van der Waals surface area contributed by atoms with E-state index < -0.39 is 23.3 Å². The maximum absolute atomic E-state index is 11.9. The quantitative estimate of drug-likeness (QED) is 0.131. The van der Waals surface area contributed by atoms with Crippen LogP contribution in [-0.2, 0) is 33.4 Å². The van der Waals surface area contributed by atoms with E-state index in [0.717, 1.165) is 0 Å². The topological polar surface area (TPSA) is 96.0 Å². The van der Waals surface area contributed by atoms with E-state index in [4.69, 9.17) is 14.2 Å². The molecule has 0 saturated heterocycles. The van der Waals surface area contributed by atoms with Gasteiger partial charge in [0.1, 0.15) is 25.6 Å². The van der Waals surface area contributed by atoms with E-state index in [0.29, 0.717) is 48.7 Å². The summed E-state index contributed by atoms with van der Waals surface area (Å²) in [6.07, 6.45) is 1.87. The summed E-state index contributed by atoms with van der Waals surface area (Å²) in [5, 5.41) is 0. The lowest BCUT2D eigenvalue weighted by Crippen LogP contribution is -2.40. The van der Waals surface area contributed by atoms with Crippen LogP contribution in [0.4, 0.5) is 0 Å². The molecule has 11 heteroatoms. The van der Waals surface area contributed by atoms with Gasteiger partial charge >= 0.3 is 17.9 Å². The van der Waals surface area contributed by atoms with Crippen molar-refractivity contribution < 1.29 is 33.4 Å². The summed E-state index contributed by atoms with van der Waals surface area (Å²) in [5.74, 6) is 0.156. The van der Waals surface area contributed by atoms with Crippen LogP contribution < -0.4 is 0 Å². The normalized spacial score (nSPS) is 11.1. The molecular weight excluding hydrogens is 468 g/mol. The number of ether oxygens (including phenoxy) is 3. The van der Waals surface area contributed by atoms with Crippen molar-refractivity contribution in [2.24, 2.45) is 5.41 Å². The lowest BCUT2D eigenvalue weighted by molar-refractivity contribution is -0.162. The second-order valence-corrected chi connectivity index (χ2v) is 8.56. The third kappa shape index (κ3) is 14.5. The molecule has 0 bridgehead atoms. The molecule has 174 valence electrons. The summed E-state index contributed by atoms with van der Waals surface area (Å²) in [6, 6.07) is 0. The number of carbonyl (C=O) groups is 4. The third-order valence-corrected chi connectivity index (χ3v) is 5.01. The highest BCUT2D eigenvalue weighted by Gasteiger charge is 2.35. The number of Topliss-reactive ketones (excluding diaryl/α,β-unsaturated/α-hetero) is 1. The van der Waals surface area contributed by atoms with Crippen molar-refractivity contribution in [1.29, 1.82) is 0 Å².